The molecule has 244 valence electrons. The summed E-state index contributed by atoms with van der Waals surface area (Å²) in [7, 11) is 1.17. The van der Waals surface area contributed by atoms with Crippen molar-refractivity contribution in [3.63, 3.8) is 0 Å². The van der Waals surface area contributed by atoms with Crippen molar-refractivity contribution in [1.82, 2.24) is 5.32 Å². The van der Waals surface area contributed by atoms with Gasteiger partial charge in [-0.2, -0.15) is 0 Å². The number of ether oxygens (including phenoxy) is 1. The molecule has 4 aliphatic rings. The number of methoxy groups -OCH3 is 1. The van der Waals surface area contributed by atoms with Crippen LogP contribution in [-0.4, -0.2) is 63.9 Å². The van der Waals surface area contributed by atoms with Gasteiger partial charge in [-0.05, 0) is 99.2 Å². The van der Waals surface area contributed by atoms with Crippen molar-refractivity contribution < 1.29 is 39.1 Å². The molecule has 12 nitrogen and oxygen atoms in total. The lowest BCUT2D eigenvalue weighted by Crippen LogP contribution is -2.57. The summed E-state index contributed by atoms with van der Waals surface area (Å²) in [5.41, 5.74) is 0.345. The number of oxime groups is 1. The zero-order valence-corrected chi connectivity index (χ0v) is 26.3. The molecule has 45 heavy (non-hydrogen) atoms. The van der Waals surface area contributed by atoms with E-state index in [4.69, 9.17) is 9.57 Å². The predicted molar refractivity (Wildman–Crippen MR) is 163 cm³/mol. The van der Waals surface area contributed by atoms with E-state index in [1.54, 1.807) is 0 Å². The molecule has 4 aliphatic carbocycles. The van der Waals surface area contributed by atoms with Crippen LogP contribution in [0.25, 0.3) is 0 Å². The molecule has 1 aromatic rings. The second kappa shape index (κ2) is 12.2. The lowest BCUT2D eigenvalue weighted by molar-refractivity contribution is -0.385. The molecule has 0 heterocycles. The molecule has 1 amide bonds. The number of allylic oxidation sites excluding steroid dienone is 2. The first kappa shape index (κ1) is 32.6. The Balaban J connectivity index is 1.20. The van der Waals surface area contributed by atoms with Gasteiger partial charge in [-0.1, -0.05) is 30.6 Å². The van der Waals surface area contributed by atoms with Gasteiger partial charge in [-0.15, -0.1) is 0 Å². The highest BCUT2D eigenvalue weighted by molar-refractivity contribution is 5.96. The third kappa shape index (κ3) is 5.73. The maximum Gasteiger partial charge on any atom is 0.328 e. The second-order valence-corrected chi connectivity index (χ2v) is 13.7. The van der Waals surface area contributed by atoms with E-state index in [1.807, 2.05) is 0 Å². The fourth-order valence-corrected chi connectivity index (χ4v) is 9.06. The van der Waals surface area contributed by atoms with Crippen LogP contribution in [0.2, 0.25) is 0 Å². The Hall–Kier alpha value is -3.80. The Bertz CT molecular complexity index is 1460. The summed E-state index contributed by atoms with van der Waals surface area (Å²) in [5.74, 6) is -0.674. The molecule has 0 aliphatic heterocycles. The molecule has 0 saturated heterocycles. The number of nitro groups is 1. The average Bonchev–Trinajstić information content (AvgIpc) is 3.28. The third-order valence-electron chi connectivity index (χ3n) is 11.6. The molecule has 5 rings (SSSR count). The monoisotopic (exact) mass is 625 g/mol. The van der Waals surface area contributed by atoms with Crippen LogP contribution < -0.4 is 5.32 Å². The number of carbonyl (C=O) groups is 3. The minimum atomic E-state index is -1.22. The van der Waals surface area contributed by atoms with E-state index in [-0.39, 0.29) is 23.0 Å². The van der Waals surface area contributed by atoms with Crippen LogP contribution >= 0.6 is 0 Å². The maximum atomic E-state index is 12.7. The lowest BCUT2D eigenvalue weighted by Gasteiger charge is -2.59. The molecule has 3 N–H and O–H groups in total. The van der Waals surface area contributed by atoms with Crippen molar-refractivity contribution >= 4 is 29.1 Å². The Morgan fingerprint density at radius 2 is 1.87 bits per heavy atom. The Morgan fingerprint density at radius 3 is 2.56 bits per heavy atom. The highest BCUT2D eigenvalue weighted by atomic mass is 16.6. The van der Waals surface area contributed by atoms with Crippen LogP contribution in [0.15, 0.2) is 35.0 Å². The molecule has 4 unspecified atom stereocenters. The van der Waals surface area contributed by atoms with E-state index in [0.29, 0.717) is 36.2 Å². The number of benzene rings is 1. The number of rotatable bonds is 9. The van der Waals surface area contributed by atoms with Crippen LogP contribution in [-0.2, 0) is 30.4 Å². The first-order chi connectivity index (χ1) is 21.2. The number of phenols is 1. The highest BCUT2D eigenvalue weighted by Crippen LogP contribution is 2.67. The first-order valence-corrected chi connectivity index (χ1v) is 15.7. The van der Waals surface area contributed by atoms with E-state index >= 15 is 0 Å². The standard InChI is InChI=1S/C33H43N3O9/c1-19(37)33(41)14-11-25-23-7-6-21-17-22(9-12-31(21,2)24(23)10-13-32(25,33)3)35-45-18-29(39)34-26(30(40)44-4)15-20-5-8-28(38)27(16-20)36(42)43/h5,8,16-17,23-26,38,41H,6-7,9-15,18H2,1-4H3,(H,34,39)/t23?,24?,25?,26?,31-,32-,33-/m0/s1. The molecule has 1 aromatic carbocycles. The number of nitrogens with zero attached hydrogens (tertiary/aromatic N) is 2. The molecule has 0 radical (unpaired) electrons. The van der Waals surface area contributed by atoms with E-state index in [0.717, 1.165) is 56.4 Å². The summed E-state index contributed by atoms with van der Waals surface area (Å²) >= 11 is 0. The molecular formula is C33H43N3O9. The van der Waals surface area contributed by atoms with E-state index in [9.17, 15) is 34.7 Å². The fraction of sp³-hybridized carbons (Fsp3) is 0.636. The Morgan fingerprint density at radius 1 is 1.13 bits per heavy atom. The van der Waals surface area contributed by atoms with Gasteiger partial charge in [0, 0.05) is 17.9 Å². The minimum absolute atomic E-state index is 0.00854. The minimum Gasteiger partial charge on any atom is -0.502 e. The number of esters is 1. The third-order valence-corrected chi connectivity index (χ3v) is 11.6. The highest BCUT2D eigenvalue weighted by Gasteiger charge is 2.65. The van der Waals surface area contributed by atoms with Crippen LogP contribution in [0, 0.1) is 38.7 Å². The SMILES string of the molecule is COC(=O)C(Cc1ccc(O)c([N+](=O)[O-])c1)NC(=O)CON=C1C=C2CCC3C(CC[C@@]4(C)C3CC[C@]4(O)C(C)=O)[C@@]2(C)CC1. The summed E-state index contributed by atoms with van der Waals surface area (Å²) in [6, 6.07) is 2.60. The van der Waals surface area contributed by atoms with Crippen molar-refractivity contribution in [2.24, 2.45) is 33.7 Å². The molecular weight excluding hydrogens is 582 g/mol. The van der Waals surface area contributed by atoms with Crippen molar-refractivity contribution in [3.8, 4) is 5.75 Å². The lowest BCUT2D eigenvalue weighted by atomic mass is 9.46. The average molecular weight is 626 g/mol. The van der Waals surface area contributed by atoms with Crippen LogP contribution in [0.4, 0.5) is 5.69 Å². The normalized spacial score (nSPS) is 33.6. The Kier molecular flexibility index (Phi) is 8.82. The van der Waals surface area contributed by atoms with E-state index in [2.05, 4.69) is 30.4 Å². The summed E-state index contributed by atoms with van der Waals surface area (Å²) < 4.78 is 4.79. The van der Waals surface area contributed by atoms with Gasteiger partial charge in [0.25, 0.3) is 5.91 Å². The second-order valence-electron chi connectivity index (χ2n) is 13.7. The number of aliphatic hydroxyl groups is 1. The predicted octanol–water partition coefficient (Wildman–Crippen LogP) is 4.16. The zero-order chi connectivity index (χ0) is 32.7. The molecule has 0 aromatic heterocycles. The van der Waals surface area contributed by atoms with Crippen molar-refractivity contribution in [1.29, 1.82) is 0 Å². The smallest absolute Gasteiger partial charge is 0.328 e. The number of carbonyl (C=O) groups excluding carboxylic acids is 3. The number of amides is 1. The quantitative estimate of drug-likeness (QED) is 0.207. The van der Waals surface area contributed by atoms with Crippen LogP contribution in [0.1, 0.15) is 77.7 Å². The van der Waals surface area contributed by atoms with Crippen LogP contribution in [0.3, 0.4) is 0 Å². The van der Waals surface area contributed by atoms with E-state index in [1.165, 1.54) is 25.7 Å². The van der Waals surface area contributed by atoms with Crippen molar-refractivity contribution in [3.05, 3.63) is 45.5 Å². The van der Waals surface area contributed by atoms with Gasteiger partial charge >= 0.3 is 11.7 Å². The van der Waals surface area contributed by atoms with Gasteiger partial charge in [0.15, 0.2) is 18.1 Å². The number of nitrogens with one attached hydrogen (secondary N) is 1. The Labute approximate surface area is 262 Å². The van der Waals surface area contributed by atoms with Crippen molar-refractivity contribution in [2.45, 2.75) is 90.2 Å². The number of hydrogen-bond donors (Lipinski definition) is 3. The summed E-state index contributed by atoms with van der Waals surface area (Å²) in [4.78, 5) is 53.3. The molecule has 12 heteroatoms. The number of ketones is 1. The van der Waals surface area contributed by atoms with Gasteiger partial charge in [-0.25, -0.2) is 4.79 Å². The summed E-state index contributed by atoms with van der Waals surface area (Å²) in [5, 5.41) is 39.0. The molecule has 0 bridgehead atoms. The van der Waals surface area contributed by atoms with Gasteiger partial charge in [0.05, 0.1) is 17.7 Å². The number of hydrogen-bond acceptors (Lipinski definition) is 10. The number of Topliss-reactive ketones (excluding diaryl/α,β-unsaturated/α-hetero) is 1. The van der Waals surface area contributed by atoms with Crippen molar-refractivity contribution in [2.75, 3.05) is 13.7 Å². The number of nitro benzene ring substituents is 1. The first-order valence-electron chi connectivity index (χ1n) is 15.7. The number of phenolic OH excluding ortho intramolecular Hbond substituents is 1. The molecule has 0 spiro atoms. The van der Waals surface area contributed by atoms with Gasteiger partial charge in [0.2, 0.25) is 0 Å². The van der Waals surface area contributed by atoms with Crippen LogP contribution in [0.5, 0.6) is 5.75 Å². The fourth-order valence-electron chi connectivity index (χ4n) is 9.06. The number of fused-ring (bicyclic) bond motifs is 5. The molecule has 3 fully saturated rings. The topological polar surface area (TPSA) is 178 Å². The van der Waals surface area contributed by atoms with Gasteiger partial charge in [0.1, 0.15) is 11.6 Å². The zero-order valence-electron chi connectivity index (χ0n) is 26.3. The summed E-state index contributed by atoms with van der Waals surface area (Å²) in [6.07, 6.45) is 8.78. The summed E-state index contributed by atoms with van der Waals surface area (Å²) in [6.45, 7) is 5.56. The van der Waals surface area contributed by atoms with Gasteiger partial charge < -0.3 is 25.1 Å². The maximum absolute atomic E-state index is 12.7. The van der Waals surface area contributed by atoms with E-state index < -0.39 is 46.5 Å². The molecule has 7 atom stereocenters. The molecule has 3 saturated carbocycles. The number of aromatic hydroxyl groups is 1. The van der Waals surface area contributed by atoms with Gasteiger partial charge in [-0.3, -0.25) is 19.7 Å². The largest absolute Gasteiger partial charge is 0.502 e.